The summed E-state index contributed by atoms with van der Waals surface area (Å²) in [5.41, 5.74) is 1.90. The monoisotopic (exact) mass is 514 g/mol. The highest BCUT2D eigenvalue weighted by atomic mass is 16.3. The third-order valence-corrected chi connectivity index (χ3v) is 6.97. The van der Waals surface area contributed by atoms with Crippen molar-refractivity contribution < 1.29 is 10.2 Å². The minimum Gasteiger partial charge on any atom is -0.507 e. The molecule has 0 bridgehead atoms. The molecule has 6 heteroatoms. The summed E-state index contributed by atoms with van der Waals surface area (Å²) < 4.78 is 0. The molecule has 0 saturated carbocycles. The Labute approximate surface area is 226 Å². The molecule has 202 valence electrons. The lowest BCUT2D eigenvalue weighted by Gasteiger charge is -2.10. The Morgan fingerprint density at radius 1 is 0.421 bits per heavy atom. The van der Waals surface area contributed by atoms with Crippen molar-refractivity contribution in [2.24, 2.45) is 0 Å². The quantitative estimate of drug-likeness (QED) is 0.111. The first-order chi connectivity index (χ1) is 18.7. The summed E-state index contributed by atoms with van der Waals surface area (Å²) in [5.74, 6) is 0.778. The summed E-state index contributed by atoms with van der Waals surface area (Å²) in [4.78, 5) is 0. The molecule has 0 aromatic heterocycles. The van der Waals surface area contributed by atoms with Gasteiger partial charge in [0.05, 0.1) is 0 Å². The Hall–Kier alpha value is -3.16. The van der Waals surface area contributed by atoms with Crippen LogP contribution in [0, 0.1) is 0 Å². The number of nitrogens with one attached hydrogen (secondary N) is 4. The average Bonchev–Trinajstić information content (AvgIpc) is 2.95. The van der Waals surface area contributed by atoms with Crippen molar-refractivity contribution in [3.63, 3.8) is 0 Å². The molecule has 4 rings (SSSR count). The Balaban J connectivity index is 0.941. The Morgan fingerprint density at radius 3 is 1.29 bits per heavy atom. The fourth-order valence-corrected chi connectivity index (χ4v) is 4.76. The van der Waals surface area contributed by atoms with Crippen LogP contribution in [0.1, 0.15) is 36.8 Å². The van der Waals surface area contributed by atoms with Gasteiger partial charge in [-0.05, 0) is 75.7 Å². The van der Waals surface area contributed by atoms with Gasteiger partial charge >= 0.3 is 0 Å². The van der Waals surface area contributed by atoms with E-state index < -0.39 is 0 Å². The molecule has 0 aliphatic heterocycles. The maximum atomic E-state index is 10.5. The molecular formula is C32H42N4O2. The van der Waals surface area contributed by atoms with Crippen molar-refractivity contribution in [3.05, 3.63) is 83.9 Å². The zero-order chi connectivity index (χ0) is 26.4. The predicted octanol–water partition coefficient (Wildman–Crippen LogP) is 5.02. The number of hydrogen-bond donors (Lipinski definition) is 6. The van der Waals surface area contributed by atoms with Crippen LogP contribution >= 0.6 is 0 Å². The van der Waals surface area contributed by atoms with Crippen LogP contribution in [0.2, 0.25) is 0 Å². The maximum Gasteiger partial charge on any atom is 0.127 e. The van der Waals surface area contributed by atoms with Gasteiger partial charge in [0.2, 0.25) is 0 Å². The third kappa shape index (κ3) is 8.17. The SMILES string of the molecule is Oc1c(CNCCCNCCCCNCCCNCc2ccc3ccccc3c2O)ccc2ccccc12. The van der Waals surface area contributed by atoms with Crippen LogP contribution in [-0.2, 0) is 13.1 Å². The van der Waals surface area contributed by atoms with Gasteiger partial charge in [0.15, 0.2) is 0 Å². The molecule has 0 atom stereocenters. The van der Waals surface area contributed by atoms with Gasteiger partial charge in [0.1, 0.15) is 11.5 Å². The number of phenolic OH excluding ortho intramolecular Hbond substituents is 2. The summed E-state index contributed by atoms with van der Waals surface area (Å²) in [6, 6.07) is 24.0. The molecular weight excluding hydrogens is 472 g/mol. The molecule has 0 spiro atoms. The van der Waals surface area contributed by atoms with Crippen LogP contribution in [0.4, 0.5) is 0 Å². The van der Waals surface area contributed by atoms with Gasteiger partial charge < -0.3 is 31.5 Å². The summed E-state index contributed by atoms with van der Waals surface area (Å²) in [5, 5.41) is 38.8. The second kappa shape index (κ2) is 15.3. The van der Waals surface area contributed by atoms with Crippen molar-refractivity contribution in [2.75, 3.05) is 39.3 Å². The van der Waals surface area contributed by atoms with Gasteiger partial charge in [-0.1, -0.05) is 72.8 Å². The number of rotatable bonds is 17. The molecule has 0 amide bonds. The molecule has 6 N–H and O–H groups in total. The highest BCUT2D eigenvalue weighted by molar-refractivity contribution is 5.89. The van der Waals surface area contributed by atoms with Crippen LogP contribution in [0.5, 0.6) is 11.5 Å². The zero-order valence-corrected chi connectivity index (χ0v) is 22.3. The van der Waals surface area contributed by atoms with Crippen molar-refractivity contribution in [2.45, 2.75) is 38.8 Å². The van der Waals surface area contributed by atoms with E-state index in [0.717, 1.165) is 84.8 Å². The zero-order valence-electron chi connectivity index (χ0n) is 22.3. The van der Waals surface area contributed by atoms with Crippen molar-refractivity contribution in [1.29, 1.82) is 0 Å². The largest absolute Gasteiger partial charge is 0.507 e. The molecule has 4 aromatic carbocycles. The molecule has 0 unspecified atom stereocenters. The summed E-state index contributed by atoms with van der Waals surface area (Å²) in [6.45, 7) is 7.32. The molecule has 0 aliphatic carbocycles. The van der Waals surface area contributed by atoms with E-state index >= 15 is 0 Å². The van der Waals surface area contributed by atoms with E-state index in [9.17, 15) is 10.2 Å². The highest BCUT2D eigenvalue weighted by Crippen LogP contribution is 2.29. The normalized spacial score (nSPS) is 11.5. The van der Waals surface area contributed by atoms with Crippen LogP contribution in [-0.4, -0.2) is 49.5 Å². The van der Waals surface area contributed by atoms with Gasteiger partial charge in [0, 0.05) is 35.0 Å². The lowest BCUT2D eigenvalue weighted by Crippen LogP contribution is -2.24. The van der Waals surface area contributed by atoms with Crippen molar-refractivity contribution >= 4 is 21.5 Å². The number of aromatic hydroxyl groups is 2. The molecule has 0 heterocycles. The third-order valence-electron chi connectivity index (χ3n) is 6.97. The smallest absolute Gasteiger partial charge is 0.127 e. The molecule has 0 aliphatic rings. The summed E-state index contributed by atoms with van der Waals surface area (Å²) in [6.07, 6.45) is 4.48. The summed E-state index contributed by atoms with van der Waals surface area (Å²) in [7, 11) is 0. The van der Waals surface area contributed by atoms with E-state index in [1.165, 1.54) is 12.8 Å². The number of unbranched alkanes of at least 4 members (excludes halogenated alkanes) is 1. The fourth-order valence-electron chi connectivity index (χ4n) is 4.76. The van der Waals surface area contributed by atoms with Crippen LogP contribution < -0.4 is 21.3 Å². The Morgan fingerprint density at radius 2 is 0.816 bits per heavy atom. The predicted molar refractivity (Wildman–Crippen MR) is 159 cm³/mol. The molecule has 0 saturated heterocycles. The van der Waals surface area contributed by atoms with Crippen molar-refractivity contribution in [3.8, 4) is 11.5 Å². The van der Waals surface area contributed by atoms with Crippen LogP contribution in [0.3, 0.4) is 0 Å². The van der Waals surface area contributed by atoms with E-state index in [1.807, 2.05) is 60.7 Å². The molecule has 38 heavy (non-hydrogen) atoms. The summed E-state index contributed by atoms with van der Waals surface area (Å²) >= 11 is 0. The Bertz CT molecular complexity index is 1180. The van der Waals surface area contributed by atoms with Gasteiger partial charge in [0.25, 0.3) is 0 Å². The van der Waals surface area contributed by atoms with E-state index in [1.54, 1.807) is 0 Å². The molecule has 6 nitrogen and oxygen atoms in total. The van der Waals surface area contributed by atoms with E-state index in [-0.39, 0.29) is 0 Å². The van der Waals surface area contributed by atoms with Gasteiger partial charge in [-0.25, -0.2) is 0 Å². The first kappa shape index (κ1) is 27.9. The van der Waals surface area contributed by atoms with E-state index in [4.69, 9.17) is 0 Å². The van der Waals surface area contributed by atoms with Gasteiger partial charge in [-0.15, -0.1) is 0 Å². The van der Waals surface area contributed by atoms with Crippen LogP contribution in [0.25, 0.3) is 21.5 Å². The first-order valence-corrected chi connectivity index (χ1v) is 14.0. The second-order valence-electron chi connectivity index (χ2n) is 9.86. The maximum absolute atomic E-state index is 10.5. The molecule has 0 fully saturated rings. The van der Waals surface area contributed by atoms with Crippen molar-refractivity contribution in [1.82, 2.24) is 21.3 Å². The average molecular weight is 515 g/mol. The van der Waals surface area contributed by atoms with Gasteiger partial charge in [-0.3, -0.25) is 0 Å². The fraction of sp³-hybridized carbons (Fsp3) is 0.375. The van der Waals surface area contributed by atoms with Crippen LogP contribution in [0.15, 0.2) is 72.8 Å². The van der Waals surface area contributed by atoms with E-state index in [0.29, 0.717) is 24.6 Å². The number of hydrogen-bond acceptors (Lipinski definition) is 6. The first-order valence-electron chi connectivity index (χ1n) is 14.0. The lowest BCUT2D eigenvalue weighted by atomic mass is 10.1. The molecule has 4 aromatic rings. The standard InChI is InChI=1S/C32H42N4O2/c37-31-27(15-13-25-9-1-3-11-29(25)31)23-35-21-7-19-33-17-5-6-18-34-20-8-22-36-24-28-16-14-26-10-2-4-12-30(26)32(28)38/h1-4,9-16,33-38H,5-8,17-24H2. The highest BCUT2D eigenvalue weighted by Gasteiger charge is 2.06. The van der Waals surface area contributed by atoms with Gasteiger partial charge in [-0.2, -0.15) is 0 Å². The minimum absolute atomic E-state index is 0.389. The lowest BCUT2D eigenvalue weighted by molar-refractivity contribution is 0.469. The molecule has 0 radical (unpaired) electrons. The minimum atomic E-state index is 0.389. The Kier molecular flexibility index (Phi) is 11.2. The number of benzene rings is 4. The topological polar surface area (TPSA) is 88.6 Å². The number of fused-ring (bicyclic) bond motifs is 2. The number of phenols is 2. The van der Waals surface area contributed by atoms with E-state index in [2.05, 4.69) is 33.4 Å². The second-order valence-corrected chi connectivity index (χ2v) is 9.86.